The van der Waals surface area contributed by atoms with Gasteiger partial charge in [-0.05, 0) is 63.4 Å². The maximum atomic E-state index is 13.5. The number of benzene rings is 1. The Morgan fingerprint density at radius 2 is 2.00 bits per heavy atom. The highest BCUT2D eigenvalue weighted by Gasteiger charge is 2.55. The van der Waals surface area contributed by atoms with Crippen molar-refractivity contribution >= 4 is 17.2 Å². The molecule has 0 radical (unpaired) electrons. The van der Waals surface area contributed by atoms with Gasteiger partial charge in [0, 0.05) is 18.5 Å². The van der Waals surface area contributed by atoms with Gasteiger partial charge in [0.25, 0.3) is 5.91 Å². The molecule has 4 saturated heterocycles. The van der Waals surface area contributed by atoms with E-state index in [0.29, 0.717) is 17.7 Å². The van der Waals surface area contributed by atoms with E-state index in [9.17, 15) is 9.90 Å². The minimum Gasteiger partial charge on any atom is -0.508 e. The third-order valence-electron chi connectivity index (χ3n) is 6.65. The summed E-state index contributed by atoms with van der Waals surface area (Å²) in [5.74, 6) is 1.28. The van der Waals surface area contributed by atoms with Gasteiger partial charge in [0.15, 0.2) is 0 Å². The molecule has 4 aliphatic heterocycles. The van der Waals surface area contributed by atoms with Crippen LogP contribution in [-0.2, 0) is 0 Å². The van der Waals surface area contributed by atoms with Crippen LogP contribution < -0.4 is 0 Å². The Bertz CT molecular complexity index is 887. The summed E-state index contributed by atoms with van der Waals surface area (Å²) in [7, 11) is 0. The molecule has 0 aliphatic carbocycles. The first kappa shape index (κ1) is 17.2. The molecular weight excluding hydrogens is 358 g/mol. The van der Waals surface area contributed by atoms with Crippen LogP contribution in [0.25, 0.3) is 0 Å². The quantitative estimate of drug-likeness (QED) is 0.865. The van der Waals surface area contributed by atoms with Crippen LogP contribution >= 0.6 is 11.3 Å². The first-order valence-corrected chi connectivity index (χ1v) is 10.6. The van der Waals surface area contributed by atoms with E-state index in [0.717, 1.165) is 40.8 Å². The van der Waals surface area contributed by atoms with E-state index >= 15 is 0 Å². The lowest BCUT2D eigenvalue weighted by atomic mass is 9.75. The zero-order valence-electron chi connectivity index (χ0n) is 15.8. The van der Waals surface area contributed by atoms with Crippen molar-refractivity contribution in [1.82, 2.24) is 14.8 Å². The highest BCUT2D eigenvalue weighted by molar-refractivity contribution is 7.13. The van der Waals surface area contributed by atoms with E-state index in [4.69, 9.17) is 0 Å². The highest BCUT2D eigenvalue weighted by Crippen LogP contribution is 2.47. The zero-order chi connectivity index (χ0) is 18.7. The first-order chi connectivity index (χ1) is 13.0. The van der Waals surface area contributed by atoms with Gasteiger partial charge in [0.05, 0.1) is 16.7 Å². The predicted molar refractivity (Wildman–Crippen MR) is 105 cm³/mol. The second-order valence-corrected chi connectivity index (χ2v) is 9.36. The number of aryl methyl sites for hydroxylation is 2. The minimum atomic E-state index is 0.143. The molecule has 27 heavy (non-hydrogen) atoms. The number of rotatable bonds is 2. The largest absolute Gasteiger partial charge is 0.508 e. The lowest BCUT2D eigenvalue weighted by Gasteiger charge is -2.51. The van der Waals surface area contributed by atoms with E-state index in [1.165, 1.54) is 24.2 Å². The molecule has 0 unspecified atom stereocenters. The molecule has 1 aromatic carbocycles. The summed E-state index contributed by atoms with van der Waals surface area (Å²) in [4.78, 5) is 23.5. The van der Waals surface area contributed by atoms with E-state index in [1.54, 1.807) is 6.07 Å². The molecule has 4 fully saturated rings. The fourth-order valence-electron chi connectivity index (χ4n) is 5.56. The van der Waals surface area contributed by atoms with Gasteiger partial charge in [0.1, 0.15) is 10.6 Å². The van der Waals surface area contributed by atoms with Crippen LogP contribution in [0.4, 0.5) is 0 Å². The number of aromatic nitrogens is 1. The summed E-state index contributed by atoms with van der Waals surface area (Å²) in [6.45, 7) is 6.88. The summed E-state index contributed by atoms with van der Waals surface area (Å²) < 4.78 is 0. The summed E-state index contributed by atoms with van der Waals surface area (Å²) in [5.41, 5.74) is 1.99. The van der Waals surface area contributed by atoms with Gasteiger partial charge in [-0.15, -0.1) is 11.3 Å². The van der Waals surface area contributed by atoms with Crippen molar-refractivity contribution in [3.63, 3.8) is 0 Å². The topological polar surface area (TPSA) is 56.7 Å². The lowest BCUT2D eigenvalue weighted by Crippen LogP contribution is -2.60. The standard InChI is InChI=1S/C21H25N3O2S/c1-12-20(27-13(2)22-12)21(26)24-11-17(15-4-3-5-16(25)10-15)19-18(24)14-6-8-23(19)9-7-14/h3-5,10,14,17-19,25H,6-9,11H2,1-2H3/t17-,18+,19+/m0/s1. The Morgan fingerprint density at radius 1 is 1.22 bits per heavy atom. The fraction of sp³-hybridized carbons (Fsp3) is 0.524. The maximum absolute atomic E-state index is 13.5. The summed E-state index contributed by atoms with van der Waals surface area (Å²) in [6.07, 6.45) is 2.36. The molecule has 1 N–H and O–H groups in total. The Labute approximate surface area is 163 Å². The molecule has 1 aromatic heterocycles. The number of amides is 1. The smallest absolute Gasteiger partial charge is 0.266 e. The van der Waals surface area contributed by atoms with E-state index in [2.05, 4.69) is 20.9 Å². The van der Waals surface area contributed by atoms with Gasteiger partial charge in [-0.2, -0.15) is 0 Å². The van der Waals surface area contributed by atoms with Crippen LogP contribution in [0.1, 0.15) is 44.7 Å². The van der Waals surface area contributed by atoms with Crippen LogP contribution in [-0.4, -0.2) is 57.5 Å². The molecule has 1 amide bonds. The van der Waals surface area contributed by atoms with Gasteiger partial charge in [-0.25, -0.2) is 4.98 Å². The molecule has 4 aliphatic rings. The second kappa shape index (κ2) is 6.31. The molecule has 3 atom stereocenters. The highest BCUT2D eigenvalue weighted by atomic mass is 32.1. The lowest BCUT2D eigenvalue weighted by molar-refractivity contribution is -0.00329. The number of nitrogens with zero attached hydrogens (tertiary/aromatic N) is 3. The number of thiazole rings is 1. The number of phenolic OH excluding ortho intramolecular Hbond substituents is 1. The second-order valence-electron chi connectivity index (χ2n) is 8.16. The normalized spacial score (nSPS) is 31.9. The molecule has 142 valence electrons. The number of phenols is 1. The van der Waals surface area contributed by atoms with E-state index in [-0.39, 0.29) is 17.9 Å². The molecule has 5 heterocycles. The van der Waals surface area contributed by atoms with Crippen LogP contribution in [0.3, 0.4) is 0 Å². The molecule has 5 nitrogen and oxygen atoms in total. The Balaban J connectivity index is 1.54. The first-order valence-electron chi connectivity index (χ1n) is 9.81. The van der Waals surface area contributed by atoms with Crippen molar-refractivity contribution < 1.29 is 9.90 Å². The molecule has 0 saturated carbocycles. The van der Waals surface area contributed by atoms with Crippen molar-refractivity contribution in [1.29, 1.82) is 0 Å². The molecule has 6 rings (SSSR count). The third kappa shape index (κ3) is 2.69. The Morgan fingerprint density at radius 3 is 2.67 bits per heavy atom. The van der Waals surface area contributed by atoms with Crippen LogP contribution in [0.2, 0.25) is 0 Å². The molecule has 6 heteroatoms. The van der Waals surface area contributed by atoms with Crippen LogP contribution in [0.5, 0.6) is 5.75 Å². The zero-order valence-corrected chi connectivity index (χ0v) is 16.6. The van der Waals surface area contributed by atoms with Crippen LogP contribution in [0, 0.1) is 19.8 Å². The Kier molecular flexibility index (Phi) is 4.02. The number of hydrogen-bond acceptors (Lipinski definition) is 5. The van der Waals surface area contributed by atoms with Crippen molar-refractivity contribution in [2.24, 2.45) is 5.92 Å². The van der Waals surface area contributed by atoms with Crippen molar-refractivity contribution in [3.8, 4) is 5.75 Å². The van der Waals surface area contributed by atoms with Crippen molar-refractivity contribution in [2.75, 3.05) is 19.6 Å². The van der Waals surface area contributed by atoms with Crippen molar-refractivity contribution in [3.05, 3.63) is 45.4 Å². The number of aromatic hydroxyl groups is 1. The van der Waals surface area contributed by atoms with E-state index < -0.39 is 0 Å². The fourth-order valence-corrected chi connectivity index (χ4v) is 6.44. The predicted octanol–water partition coefficient (Wildman–Crippen LogP) is 3.17. The van der Waals surface area contributed by atoms with Gasteiger partial charge in [0.2, 0.25) is 0 Å². The average molecular weight is 384 g/mol. The molecule has 2 aromatic rings. The van der Waals surface area contributed by atoms with Crippen molar-refractivity contribution in [2.45, 2.75) is 44.7 Å². The minimum absolute atomic E-state index is 0.143. The number of carbonyl (C=O) groups is 1. The van der Waals surface area contributed by atoms with E-state index in [1.807, 2.05) is 26.0 Å². The number of carbonyl (C=O) groups excluding carboxylic acids is 1. The molecule has 0 spiro atoms. The van der Waals surface area contributed by atoms with Crippen LogP contribution in [0.15, 0.2) is 24.3 Å². The van der Waals surface area contributed by atoms with Gasteiger partial charge >= 0.3 is 0 Å². The monoisotopic (exact) mass is 383 g/mol. The van der Waals surface area contributed by atoms with Gasteiger partial charge in [-0.3, -0.25) is 9.69 Å². The number of likely N-dealkylation sites (tertiary alicyclic amines) is 1. The summed E-state index contributed by atoms with van der Waals surface area (Å²) in [5, 5.41) is 10.9. The van der Waals surface area contributed by atoms with Gasteiger partial charge in [-0.1, -0.05) is 12.1 Å². The third-order valence-corrected chi connectivity index (χ3v) is 7.71. The average Bonchev–Trinajstić information content (AvgIpc) is 3.24. The number of fused-ring (bicyclic) bond motifs is 2. The SMILES string of the molecule is Cc1nc(C)c(C(=O)N2C[C@@H](c3cccc(O)c3)[C@@H]3[C@H]2C2CCN3CC2)s1. The number of hydrogen-bond donors (Lipinski definition) is 1. The number of piperidine rings is 3. The van der Waals surface area contributed by atoms with Gasteiger partial charge < -0.3 is 10.0 Å². The maximum Gasteiger partial charge on any atom is 0.266 e. The Hall–Kier alpha value is -1.92. The summed E-state index contributed by atoms with van der Waals surface area (Å²) in [6, 6.07) is 8.24. The molecular formula is C21H25N3O2S. The molecule has 2 bridgehead atoms. The summed E-state index contributed by atoms with van der Waals surface area (Å²) >= 11 is 1.51.